The van der Waals surface area contributed by atoms with E-state index in [9.17, 15) is 0 Å². The van der Waals surface area contributed by atoms with Gasteiger partial charge in [0.05, 0.1) is 34.2 Å². The Morgan fingerprint density at radius 1 is 0.585 bits per heavy atom. The summed E-state index contributed by atoms with van der Waals surface area (Å²) in [5.74, 6) is 1.61. The predicted octanol–water partition coefficient (Wildman–Crippen LogP) is 12.0. The summed E-state index contributed by atoms with van der Waals surface area (Å²) in [5.41, 5.74) is 10.9. The summed E-state index contributed by atoms with van der Waals surface area (Å²) in [6.07, 6.45) is 0. The molecule has 0 N–H and O–H groups in total. The Morgan fingerprint density at radius 2 is 0.829 bits per heavy atom. The fraction of sp³-hybridized carbons (Fsp3) is 0.400. The minimum absolute atomic E-state index is 0.194. The van der Waals surface area contributed by atoms with Gasteiger partial charge in [-0.05, 0) is 71.9 Å². The molecular formula is C35H47Cl2FeN3. The molecule has 1 aromatic heterocycles. The second-order valence-electron chi connectivity index (χ2n) is 11.0. The molecular weight excluding hydrogens is 589 g/mol. The van der Waals surface area contributed by atoms with Crippen LogP contribution in [0.25, 0.3) is 0 Å². The molecule has 3 rings (SSSR count). The summed E-state index contributed by atoms with van der Waals surface area (Å²) >= 11 is 0.194. The van der Waals surface area contributed by atoms with E-state index in [1.165, 1.54) is 22.3 Å². The Balaban J connectivity index is 0.00000157. The van der Waals surface area contributed by atoms with E-state index in [1.807, 2.05) is 12.1 Å². The van der Waals surface area contributed by atoms with E-state index < -0.39 is 0 Å². The van der Waals surface area contributed by atoms with Crippen LogP contribution in [0, 0.1) is 0 Å². The van der Waals surface area contributed by atoms with Crippen molar-refractivity contribution in [3.05, 3.63) is 101 Å². The molecule has 0 aliphatic rings. The number of pyridine rings is 1. The number of rotatable bonds is 8. The Bertz CT molecular complexity index is 1160. The molecule has 0 unspecified atom stereocenters. The molecule has 0 radical (unpaired) electrons. The van der Waals surface area contributed by atoms with E-state index >= 15 is 0 Å². The van der Waals surface area contributed by atoms with Crippen LogP contribution in [0.3, 0.4) is 0 Å². The van der Waals surface area contributed by atoms with Crippen molar-refractivity contribution >= 4 is 43.0 Å². The first-order valence-electron chi connectivity index (χ1n) is 14.1. The normalized spacial score (nSPS) is 12.0. The third-order valence-electron chi connectivity index (χ3n) is 6.73. The van der Waals surface area contributed by atoms with Crippen LogP contribution >= 0.6 is 20.2 Å². The van der Waals surface area contributed by atoms with E-state index in [4.69, 9.17) is 35.2 Å². The van der Waals surface area contributed by atoms with Gasteiger partial charge < -0.3 is 0 Å². The molecule has 0 aliphatic carbocycles. The number of hydrogen-bond acceptors (Lipinski definition) is 3. The first-order chi connectivity index (χ1) is 19.4. The number of halogens is 2. The van der Waals surface area contributed by atoms with Crippen molar-refractivity contribution in [3.8, 4) is 0 Å². The molecule has 0 aliphatic heterocycles. The molecule has 0 bridgehead atoms. The van der Waals surface area contributed by atoms with Gasteiger partial charge in [0.2, 0.25) is 0 Å². The van der Waals surface area contributed by atoms with Gasteiger partial charge in [-0.2, -0.15) is 0 Å². The zero-order valence-electron chi connectivity index (χ0n) is 26.4. The zero-order valence-corrected chi connectivity index (χ0v) is 29.0. The van der Waals surface area contributed by atoms with Crippen LogP contribution in [0.2, 0.25) is 0 Å². The second-order valence-corrected chi connectivity index (χ2v) is 12.9. The third kappa shape index (κ3) is 10.5. The van der Waals surface area contributed by atoms with Crippen LogP contribution in [-0.4, -0.2) is 16.4 Å². The fourth-order valence-corrected chi connectivity index (χ4v) is 4.57. The van der Waals surface area contributed by atoms with Gasteiger partial charge in [0.15, 0.2) is 0 Å². The molecule has 3 nitrogen and oxygen atoms in total. The van der Waals surface area contributed by atoms with E-state index in [0.29, 0.717) is 23.7 Å². The number of aliphatic imine (C=N–C) groups is 2. The molecule has 0 saturated carbocycles. The molecule has 6 heteroatoms. The molecule has 3 aromatic rings. The summed E-state index contributed by atoms with van der Waals surface area (Å²) in [5, 5.41) is 0. The summed E-state index contributed by atoms with van der Waals surface area (Å²) in [6, 6.07) is 19.2. The van der Waals surface area contributed by atoms with Crippen molar-refractivity contribution in [1.29, 1.82) is 0 Å². The predicted molar refractivity (Wildman–Crippen MR) is 180 cm³/mol. The summed E-state index contributed by atoms with van der Waals surface area (Å²) in [7, 11) is 9.53. The maximum absolute atomic E-state index is 5.15. The molecule has 2 aromatic carbocycles. The molecule has 0 atom stereocenters. The first-order valence-corrected chi connectivity index (χ1v) is 17.2. The van der Waals surface area contributed by atoms with Gasteiger partial charge in [-0.15, -0.1) is 13.2 Å². The molecule has 0 fully saturated rings. The number of nitrogens with zero attached hydrogens (tertiary/aromatic N) is 3. The van der Waals surface area contributed by atoms with Gasteiger partial charge in [0, 0.05) is 0 Å². The summed E-state index contributed by atoms with van der Waals surface area (Å²) in [4.78, 5) is 15.3. The van der Waals surface area contributed by atoms with E-state index in [2.05, 4.69) is 125 Å². The van der Waals surface area contributed by atoms with Crippen LogP contribution in [0.5, 0.6) is 0 Å². The Labute approximate surface area is 264 Å². The van der Waals surface area contributed by atoms with Crippen molar-refractivity contribution in [3.63, 3.8) is 0 Å². The third-order valence-corrected chi connectivity index (χ3v) is 6.73. The quantitative estimate of drug-likeness (QED) is 0.138. The number of aromatic nitrogens is 1. The Morgan fingerprint density at radius 3 is 1.07 bits per heavy atom. The SMILES string of the molecule is C=C.CC(=Nc1c(C(C)C)cccc1C(C)C)c1cccc(C(C)=Nc2c(C(C)C)cccc2C(C)C)n1.[Cl][Fe][Cl]. The van der Waals surface area contributed by atoms with Gasteiger partial charge in [-0.25, -0.2) is 4.98 Å². The van der Waals surface area contributed by atoms with E-state index in [-0.39, 0.29) is 13.1 Å². The van der Waals surface area contributed by atoms with Crippen LogP contribution in [0.4, 0.5) is 11.4 Å². The number of hydrogen-bond donors (Lipinski definition) is 0. The van der Waals surface area contributed by atoms with Gasteiger partial charge in [0.1, 0.15) is 0 Å². The molecule has 1 heterocycles. The molecule has 0 saturated heterocycles. The standard InChI is InChI=1S/C33H43N3.C2H4.2ClH.Fe/c1-20(2)26-14-11-15-27(21(3)4)32(26)34-24(9)30-18-13-19-31(36-30)25(10)35-33-28(22(5)6)16-12-17-29(33)23(7)8;1-2;;;/h11-23H,1-10H3;1-2H2;2*1H;/q;;;;+2/p-2. The minimum atomic E-state index is 0.194. The number of benzene rings is 2. The van der Waals surface area contributed by atoms with Crippen LogP contribution in [0.1, 0.15) is 127 Å². The zero-order chi connectivity index (χ0) is 31.3. The topological polar surface area (TPSA) is 37.6 Å². The Hall–Kier alpha value is -2.23. The second kappa shape index (κ2) is 18.3. The van der Waals surface area contributed by atoms with Crippen molar-refractivity contribution in [1.82, 2.24) is 4.98 Å². The summed E-state index contributed by atoms with van der Waals surface area (Å²) in [6.45, 7) is 28.0. The first kappa shape index (κ1) is 36.8. The average Bonchev–Trinajstić information content (AvgIpc) is 2.94. The fourth-order valence-electron chi connectivity index (χ4n) is 4.57. The number of para-hydroxylation sites is 2. The van der Waals surface area contributed by atoms with Gasteiger partial charge in [-0.1, -0.05) is 97.9 Å². The van der Waals surface area contributed by atoms with Crippen molar-refractivity contribution in [2.45, 2.75) is 92.9 Å². The van der Waals surface area contributed by atoms with Crippen LogP contribution in [-0.2, 0) is 13.1 Å². The van der Waals surface area contributed by atoms with E-state index in [0.717, 1.165) is 34.2 Å². The molecule has 0 amide bonds. The van der Waals surface area contributed by atoms with Crippen molar-refractivity contribution in [2.24, 2.45) is 9.98 Å². The van der Waals surface area contributed by atoms with E-state index in [1.54, 1.807) is 0 Å². The maximum atomic E-state index is 5.15. The van der Waals surface area contributed by atoms with Gasteiger partial charge in [-0.3, -0.25) is 9.98 Å². The molecule has 41 heavy (non-hydrogen) atoms. The van der Waals surface area contributed by atoms with Gasteiger partial charge in [0.25, 0.3) is 0 Å². The van der Waals surface area contributed by atoms with Crippen LogP contribution < -0.4 is 0 Å². The van der Waals surface area contributed by atoms with Crippen molar-refractivity contribution < 1.29 is 13.1 Å². The van der Waals surface area contributed by atoms with Crippen molar-refractivity contribution in [2.75, 3.05) is 0 Å². The molecule has 0 spiro atoms. The monoisotopic (exact) mass is 635 g/mol. The average molecular weight is 637 g/mol. The summed E-state index contributed by atoms with van der Waals surface area (Å²) < 4.78 is 0. The van der Waals surface area contributed by atoms with Gasteiger partial charge >= 0.3 is 33.3 Å². The Kier molecular flexibility index (Phi) is 16.5. The molecule has 224 valence electrons. The van der Waals surface area contributed by atoms with Crippen LogP contribution in [0.15, 0.2) is 77.7 Å².